The number of nitrogens with zero attached hydrogens (tertiary/aromatic N) is 1. The van der Waals surface area contributed by atoms with E-state index in [2.05, 4.69) is 31.0 Å². The molecule has 1 aliphatic rings. The van der Waals surface area contributed by atoms with Crippen LogP contribution >= 0.6 is 0 Å². The van der Waals surface area contributed by atoms with Crippen LogP contribution in [0.3, 0.4) is 0 Å². The Morgan fingerprint density at radius 1 is 1.40 bits per heavy atom. The molecule has 2 atom stereocenters. The number of rotatable bonds is 5. The summed E-state index contributed by atoms with van der Waals surface area (Å²) in [6.07, 6.45) is 1.31. The Hall–Kier alpha value is -0.120. The molecule has 0 aromatic carbocycles. The molecule has 0 amide bonds. The quantitative estimate of drug-likeness (QED) is 0.747. The predicted molar refractivity (Wildman–Crippen MR) is 64.2 cm³/mol. The van der Waals surface area contributed by atoms with Crippen LogP contribution in [0.4, 0.5) is 0 Å². The van der Waals surface area contributed by atoms with Gasteiger partial charge in [-0.2, -0.15) is 0 Å². The molecule has 1 fully saturated rings. The highest BCUT2D eigenvalue weighted by Gasteiger charge is 2.25. The first-order chi connectivity index (χ1) is 7.15. The number of piperidine rings is 1. The maximum atomic E-state index is 5.18. The second-order valence-corrected chi connectivity index (χ2v) is 4.98. The summed E-state index contributed by atoms with van der Waals surface area (Å²) in [7, 11) is 1.78. The number of ether oxygens (including phenoxy) is 1. The Morgan fingerprint density at radius 3 is 2.67 bits per heavy atom. The molecule has 0 aromatic heterocycles. The molecular formula is C12H26N2O. The molecule has 1 heterocycles. The van der Waals surface area contributed by atoms with Crippen LogP contribution in [-0.2, 0) is 4.74 Å². The van der Waals surface area contributed by atoms with Gasteiger partial charge in [0, 0.05) is 32.3 Å². The lowest BCUT2D eigenvalue weighted by Crippen LogP contribution is -2.51. The summed E-state index contributed by atoms with van der Waals surface area (Å²) >= 11 is 0. The van der Waals surface area contributed by atoms with Gasteiger partial charge in [-0.05, 0) is 32.7 Å². The van der Waals surface area contributed by atoms with Crippen molar-refractivity contribution in [2.45, 2.75) is 39.3 Å². The molecule has 0 aliphatic carbocycles. The fraction of sp³-hybridized carbons (Fsp3) is 1.00. The van der Waals surface area contributed by atoms with Gasteiger partial charge in [0.15, 0.2) is 0 Å². The molecular weight excluding hydrogens is 188 g/mol. The molecule has 1 N–H and O–H groups in total. The largest absolute Gasteiger partial charge is 0.383 e. The van der Waals surface area contributed by atoms with Crippen molar-refractivity contribution in [3.8, 4) is 0 Å². The van der Waals surface area contributed by atoms with E-state index in [0.29, 0.717) is 12.1 Å². The van der Waals surface area contributed by atoms with Crippen LogP contribution in [0.15, 0.2) is 0 Å². The van der Waals surface area contributed by atoms with E-state index in [0.717, 1.165) is 25.6 Å². The Kier molecular flexibility index (Phi) is 5.58. The fourth-order valence-corrected chi connectivity index (χ4v) is 2.44. The summed E-state index contributed by atoms with van der Waals surface area (Å²) in [4.78, 5) is 2.56. The van der Waals surface area contributed by atoms with Crippen LogP contribution in [0.1, 0.15) is 27.2 Å². The molecule has 0 saturated carbocycles. The van der Waals surface area contributed by atoms with E-state index in [1.807, 2.05) is 0 Å². The summed E-state index contributed by atoms with van der Waals surface area (Å²) < 4.78 is 5.18. The molecule has 2 unspecified atom stereocenters. The van der Waals surface area contributed by atoms with E-state index in [-0.39, 0.29) is 0 Å². The summed E-state index contributed by atoms with van der Waals surface area (Å²) in [6, 6.07) is 1.29. The van der Waals surface area contributed by atoms with Crippen molar-refractivity contribution in [2.75, 3.05) is 33.4 Å². The highest BCUT2D eigenvalue weighted by atomic mass is 16.5. The average molecular weight is 214 g/mol. The zero-order valence-electron chi connectivity index (χ0n) is 10.6. The third-order valence-electron chi connectivity index (χ3n) is 3.23. The van der Waals surface area contributed by atoms with E-state index in [9.17, 15) is 0 Å². The zero-order valence-corrected chi connectivity index (χ0v) is 10.6. The number of methoxy groups -OCH3 is 1. The highest BCUT2D eigenvalue weighted by Crippen LogP contribution is 2.17. The monoisotopic (exact) mass is 214 g/mol. The van der Waals surface area contributed by atoms with E-state index >= 15 is 0 Å². The van der Waals surface area contributed by atoms with Gasteiger partial charge in [0.1, 0.15) is 0 Å². The van der Waals surface area contributed by atoms with Gasteiger partial charge >= 0.3 is 0 Å². The fourth-order valence-electron chi connectivity index (χ4n) is 2.44. The lowest BCUT2D eigenvalue weighted by molar-refractivity contribution is 0.0749. The molecule has 3 nitrogen and oxygen atoms in total. The number of hydrogen-bond donors (Lipinski definition) is 1. The van der Waals surface area contributed by atoms with Crippen molar-refractivity contribution in [1.82, 2.24) is 10.2 Å². The molecule has 0 radical (unpaired) electrons. The summed E-state index contributed by atoms with van der Waals surface area (Å²) in [6.45, 7) is 11.1. The van der Waals surface area contributed by atoms with Crippen LogP contribution in [0.5, 0.6) is 0 Å². The van der Waals surface area contributed by atoms with Gasteiger partial charge < -0.3 is 10.1 Å². The van der Waals surface area contributed by atoms with E-state index in [1.54, 1.807) is 7.11 Å². The third kappa shape index (κ3) is 4.09. The molecule has 90 valence electrons. The molecule has 1 saturated heterocycles. The lowest BCUT2D eigenvalue weighted by atomic mass is 9.95. The Balaban J connectivity index is 2.46. The molecule has 0 spiro atoms. The van der Waals surface area contributed by atoms with Crippen LogP contribution in [-0.4, -0.2) is 50.3 Å². The minimum absolute atomic E-state index is 0.609. The van der Waals surface area contributed by atoms with E-state index in [1.165, 1.54) is 13.0 Å². The first-order valence-electron chi connectivity index (χ1n) is 6.10. The first kappa shape index (κ1) is 12.9. The topological polar surface area (TPSA) is 24.5 Å². The SMILES string of the molecule is COCCN(C(C)C)C1CNCC(C)C1. The summed E-state index contributed by atoms with van der Waals surface area (Å²) in [5, 5.41) is 3.51. The van der Waals surface area contributed by atoms with Crippen LogP contribution in [0.2, 0.25) is 0 Å². The van der Waals surface area contributed by atoms with E-state index < -0.39 is 0 Å². The number of hydrogen-bond acceptors (Lipinski definition) is 3. The Morgan fingerprint density at radius 2 is 2.13 bits per heavy atom. The Bertz CT molecular complexity index is 173. The average Bonchev–Trinajstić information content (AvgIpc) is 2.18. The van der Waals surface area contributed by atoms with Gasteiger partial charge in [-0.25, -0.2) is 0 Å². The van der Waals surface area contributed by atoms with Gasteiger partial charge in [0.25, 0.3) is 0 Å². The second-order valence-electron chi connectivity index (χ2n) is 4.98. The normalized spacial score (nSPS) is 27.6. The third-order valence-corrected chi connectivity index (χ3v) is 3.23. The van der Waals surface area contributed by atoms with Crippen LogP contribution < -0.4 is 5.32 Å². The van der Waals surface area contributed by atoms with Gasteiger partial charge in [-0.15, -0.1) is 0 Å². The first-order valence-corrected chi connectivity index (χ1v) is 6.10. The van der Waals surface area contributed by atoms with Crippen molar-refractivity contribution in [3.63, 3.8) is 0 Å². The molecule has 15 heavy (non-hydrogen) atoms. The molecule has 0 bridgehead atoms. The molecule has 0 aromatic rings. The van der Waals surface area contributed by atoms with Gasteiger partial charge in [-0.1, -0.05) is 6.92 Å². The van der Waals surface area contributed by atoms with Gasteiger partial charge in [0.2, 0.25) is 0 Å². The smallest absolute Gasteiger partial charge is 0.0589 e. The van der Waals surface area contributed by atoms with Gasteiger partial charge in [0.05, 0.1) is 6.61 Å². The van der Waals surface area contributed by atoms with Crippen molar-refractivity contribution in [2.24, 2.45) is 5.92 Å². The van der Waals surface area contributed by atoms with Crippen LogP contribution in [0.25, 0.3) is 0 Å². The van der Waals surface area contributed by atoms with Crippen molar-refractivity contribution >= 4 is 0 Å². The molecule has 1 aliphatic heterocycles. The lowest BCUT2D eigenvalue weighted by Gasteiger charge is -2.39. The highest BCUT2D eigenvalue weighted by molar-refractivity contribution is 4.83. The molecule has 1 rings (SSSR count). The van der Waals surface area contributed by atoms with Crippen molar-refractivity contribution in [3.05, 3.63) is 0 Å². The maximum Gasteiger partial charge on any atom is 0.0589 e. The van der Waals surface area contributed by atoms with Crippen molar-refractivity contribution < 1.29 is 4.74 Å². The standard InChI is InChI=1S/C12H26N2O/c1-10(2)14(5-6-15-4)12-7-11(3)8-13-9-12/h10-13H,5-9H2,1-4H3. The maximum absolute atomic E-state index is 5.18. The second kappa shape index (κ2) is 6.46. The van der Waals surface area contributed by atoms with E-state index in [4.69, 9.17) is 4.74 Å². The van der Waals surface area contributed by atoms with Crippen molar-refractivity contribution in [1.29, 1.82) is 0 Å². The summed E-state index contributed by atoms with van der Waals surface area (Å²) in [5.41, 5.74) is 0. The minimum atomic E-state index is 0.609. The zero-order chi connectivity index (χ0) is 11.3. The predicted octanol–water partition coefficient (Wildman–Crippen LogP) is 1.34. The minimum Gasteiger partial charge on any atom is -0.383 e. The van der Waals surface area contributed by atoms with Crippen LogP contribution in [0, 0.1) is 5.92 Å². The number of nitrogens with one attached hydrogen (secondary N) is 1. The van der Waals surface area contributed by atoms with Gasteiger partial charge in [-0.3, -0.25) is 4.90 Å². The molecule has 3 heteroatoms. The summed E-state index contributed by atoms with van der Waals surface area (Å²) in [5.74, 6) is 0.799. The Labute approximate surface area is 94.2 Å².